The van der Waals surface area contributed by atoms with Gasteiger partial charge in [0.15, 0.2) is 0 Å². The lowest BCUT2D eigenvalue weighted by Crippen LogP contribution is -2.48. The number of piperidine rings is 2. The maximum atomic E-state index is 11.7. The number of likely N-dealkylation sites (tertiary alicyclic amines) is 1. The Kier molecular flexibility index (Phi) is 4.80. The smallest absolute Gasteiger partial charge is 0.323 e. The van der Waals surface area contributed by atoms with E-state index in [2.05, 4.69) is 10.2 Å². The van der Waals surface area contributed by atoms with Crippen molar-refractivity contribution in [1.82, 2.24) is 10.2 Å². The minimum Gasteiger partial charge on any atom is -0.468 e. The van der Waals surface area contributed by atoms with Crippen LogP contribution in [0.1, 0.15) is 32.1 Å². The van der Waals surface area contributed by atoms with Gasteiger partial charge in [-0.15, -0.1) is 0 Å². The topological polar surface area (TPSA) is 41.6 Å². The van der Waals surface area contributed by atoms with Crippen molar-refractivity contribution in [3.8, 4) is 0 Å². The number of methoxy groups -OCH3 is 1. The molecular formula is C13H24N2O2. The molecule has 0 spiro atoms. The summed E-state index contributed by atoms with van der Waals surface area (Å²) in [4.78, 5) is 14.1. The largest absolute Gasteiger partial charge is 0.468 e. The van der Waals surface area contributed by atoms with Gasteiger partial charge in [0.1, 0.15) is 6.04 Å². The van der Waals surface area contributed by atoms with Gasteiger partial charge in [-0.2, -0.15) is 0 Å². The van der Waals surface area contributed by atoms with Crippen molar-refractivity contribution < 1.29 is 9.53 Å². The molecule has 0 aromatic heterocycles. The number of carbonyl (C=O) groups is 1. The van der Waals surface area contributed by atoms with Crippen molar-refractivity contribution in [2.45, 2.75) is 38.1 Å². The summed E-state index contributed by atoms with van der Waals surface area (Å²) in [6, 6.07) is 0.0173. The fourth-order valence-electron chi connectivity index (χ4n) is 3.01. The Morgan fingerprint density at radius 2 is 2.06 bits per heavy atom. The van der Waals surface area contributed by atoms with Gasteiger partial charge in [0, 0.05) is 6.54 Å². The van der Waals surface area contributed by atoms with Crippen LogP contribution >= 0.6 is 0 Å². The molecule has 1 unspecified atom stereocenters. The summed E-state index contributed by atoms with van der Waals surface area (Å²) in [5.41, 5.74) is 0. The van der Waals surface area contributed by atoms with Gasteiger partial charge in [-0.1, -0.05) is 6.42 Å². The van der Waals surface area contributed by atoms with Crippen molar-refractivity contribution >= 4 is 5.97 Å². The summed E-state index contributed by atoms with van der Waals surface area (Å²) in [6.07, 6.45) is 5.83. The molecule has 98 valence electrons. The van der Waals surface area contributed by atoms with Crippen LogP contribution in [-0.4, -0.2) is 50.2 Å². The van der Waals surface area contributed by atoms with E-state index >= 15 is 0 Å². The SMILES string of the molecule is COC(=O)C1CCCCN1CC1CCNCC1. The Balaban J connectivity index is 1.88. The number of esters is 1. The van der Waals surface area contributed by atoms with Crippen LogP contribution in [-0.2, 0) is 9.53 Å². The minimum absolute atomic E-state index is 0.0173. The van der Waals surface area contributed by atoms with E-state index in [-0.39, 0.29) is 12.0 Å². The highest BCUT2D eigenvalue weighted by Gasteiger charge is 2.31. The Morgan fingerprint density at radius 3 is 2.76 bits per heavy atom. The van der Waals surface area contributed by atoms with Gasteiger partial charge >= 0.3 is 5.97 Å². The molecular weight excluding hydrogens is 216 g/mol. The first-order chi connectivity index (χ1) is 8.31. The second kappa shape index (κ2) is 6.36. The van der Waals surface area contributed by atoms with E-state index in [9.17, 15) is 4.79 Å². The van der Waals surface area contributed by atoms with Gasteiger partial charge in [0.25, 0.3) is 0 Å². The Hall–Kier alpha value is -0.610. The first kappa shape index (κ1) is 12.8. The molecule has 2 saturated heterocycles. The number of hydrogen-bond acceptors (Lipinski definition) is 4. The van der Waals surface area contributed by atoms with Crippen molar-refractivity contribution in [3.05, 3.63) is 0 Å². The van der Waals surface area contributed by atoms with Crippen LogP contribution < -0.4 is 5.32 Å². The molecule has 4 heteroatoms. The number of carbonyl (C=O) groups excluding carboxylic acids is 1. The van der Waals surface area contributed by atoms with Gasteiger partial charge in [-0.3, -0.25) is 9.69 Å². The summed E-state index contributed by atoms with van der Waals surface area (Å²) in [6.45, 7) is 4.38. The minimum atomic E-state index is -0.0429. The number of nitrogens with zero attached hydrogens (tertiary/aromatic N) is 1. The lowest BCUT2D eigenvalue weighted by Gasteiger charge is -2.37. The van der Waals surface area contributed by atoms with Crippen LogP contribution in [0.5, 0.6) is 0 Å². The zero-order valence-electron chi connectivity index (χ0n) is 10.8. The second-order valence-corrected chi connectivity index (χ2v) is 5.22. The summed E-state index contributed by atoms with van der Waals surface area (Å²) in [7, 11) is 1.50. The zero-order valence-corrected chi connectivity index (χ0v) is 10.8. The van der Waals surface area contributed by atoms with Gasteiger partial charge in [0.2, 0.25) is 0 Å². The van der Waals surface area contributed by atoms with Gasteiger partial charge < -0.3 is 10.1 Å². The molecule has 0 saturated carbocycles. The Labute approximate surface area is 104 Å². The predicted molar refractivity (Wildman–Crippen MR) is 66.8 cm³/mol. The number of rotatable bonds is 3. The van der Waals surface area contributed by atoms with Crippen LogP contribution in [0.3, 0.4) is 0 Å². The average molecular weight is 240 g/mol. The predicted octanol–water partition coefficient (Wildman–Crippen LogP) is 1.01. The lowest BCUT2D eigenvalue weighted by atomic mass is 9.94. The van der Waals surface area contributed by atoms with E-state index in [1.165, 1.54) is 26.4 Å². The van der Waals surface area contributed by atoms with Gasteiger partial charge in [-0.25, -0.2) is 0 Å². The van der Waals surface area contributed by atoms with E-state index in [0.717, 1.165) is 44.9 Å². The highest BCUT2D eigenvalue weighted by molar-refractivity contribution is 5.75. The van der Waals surface area contributed by atoms with Gasteiger partial charge in [-0.05, 0) is 51.2 Å². The third-order valence-electron chi connectivity index (χ3n) is 4.04. The molecule has 0 aromatic rings. The van der Waals surface area contributed by atoms with Crippen LogP contribution in [0, 0.1) is 5.92 Å². The van der Waals surface area contributed by atoms with Crippen LogP contribution in [0.25, 0.3) is 0 Å². The van der Waals surface area contributed by atoms with E-state index in [0.29, 0.717) is 0 Å². The Bertz CT molecular complexity index is 252. The first-order valence-electron chi connectivity index (χ1n) is 6.84. The monoisotopic (exact) mass is 240 g/mol. The summed E-state index contributed by atoms with van der Waals surface area (Å²) < 4.78 is 4.92. The highest BCUT2D eigenvalue weighted by atomic mass is 16.5. The molecule has 1 atom stereocenters. The summed E-state index contributed by atoms with van der Waals surface area (Å²) in [5.74, 6) is 0.708. The molecule has 0 aromatic carbocycles. The third kappa shape index (κ3) is 3.42. The standard InChI is InChI=1S/C13H24N2O2/c1-17-13(16)12-4-2-3-9-15(12)10-11-5-7-14-8-6-11/h11-12,14H,2-10H2,1H3. The normalized spacial score (nSPS) is 27.9. The summed E-state index contributed by atoms with van der Waals surface area (Å²) >= 11 is 0. The highest BCUT2D eigenvalue weighted by Crippen LogP contribution is 2.22. The molecule has 0 amide bonds. The van der Waals surface area contributed by atoms with Crippen LogP contribution in [0.2, 0.25) is 0 Å². The fourth-order valence-corrected chi connectivity index (χ4v) is 3.01. The van der Waals surface area contributed by atoms with Crippen molar-refractivity contribution in [2.24, 2.45) is 5.92 Å². The van der Waals surface area contributed by atoms with Crippen molar-refractivity contribution in [1.29, 1.82) is 0 Å². The molecule has 0 bridgehead atoms. The number of hydrogen-bond donors (Lipinski definition) is 1. The molecule has 1 N–H and O–H groups in total. The molecule has 2 fully saturated rings. The maximum Gasteiger partial charge on any atom is 0.323 e. The summed E-state index contributed by atoms with van der Waals surface area (Å²) in [5, 5.41) is 3.39. The van der Waals surface area contributed by atoms with Crippen molar-refractivity contribution in [3.63, 3.8) is 0 Å². The Morgan fingerprint density at radius 1 is 1.29 bits per heavy atom. The van der Waals surface area contributed by atoms with E-state index in [4.69, 9.17) is 4.74 Å². The van der Waals surface area contributed by atoms with E-state index in [1.54, 1.807) is 0 Å². The molecule has 0 radical (unpaired) electrons. The van der Waals surface area contributed by atoms with Gasteiger partial charge in [0.05, 0.1) is 7.11 Å². The second-order valence-electron chi connectivity index (χ2n) is 5.22. The zero-order chi connectivity index (χ0) is 12.1. The first-order valence-corrected chi connectivity index (χ1v) is 6.84. The fraction of sp³-hybridized carbons (Fsp3) is 0.923. The molecule has 2 aliphatic rings. The maximum absolute atomic E-state index is 11.7. The number of ether oxygens (including phenoxy) is 1. The third-order valence-corrected chi connectivity index (χ3v) is 4.04. The van der Waals surface area contributed by atoms with Crippen LogP contribution in [0.4, 0.5) is 0 Å². The lowest BCUT2D eigenvalue weighted by molar-refractivity contribution is -0.148. The molecule has 2 aliphatic heterocycles. The molecule has 2 heterocycles. The molecule has 2 rings (SSSR count). The molecule has 4 nitrogen and oxygen atoms in total. The van der Waals surface area contributed by atoms with Crippen LogP contribution in [0.15, 0.2) is 0 Å². The van der Waals surface area contributed by atoms with E-state index in [1.807, 2.05) is 0 Å². The molecule has 17 heavy (non-hydrogen) atoms. The molecule has 0 aliphatic carbocycles. The quantitative estimate of drug-likeness (QED) is 0.748. The van der Waals surface area contributed by atoms with E-state index < -0.39 is 0 Å². The average Bonchev–Trinajstić information content (AvgIpc) is 2.40. The van der Waals surface area contributed by atoms with Crippen molar-refractivity contribution in [2.75, 3.05) is 33.3 Å². The number of nitrogens with one attached hydrogen (secondary N) is 1.